The van der Waals surface area contributed by atoms with Crippen LogP contribution in [0, 0.1) is 5.41 Å². The molecule has 3 nitrogen and oxygen atoms in total. The van der Waals surface area contributed by atoms with Crippen LogP contribution in [0.1, 0.15) is 5.56 Å². The zero-order valence-electron chi connectivity index (χ0n) is 5.54. The van der Waals surface area contributed by atoms with Crippen LogP contribution in [0.2, 0.25) is 5.15 Å². The van der Waals surface area contributed by atoms with Gasteiger partial charge in [0, 0.05) is 11.8 Å². The van der Waals surface area contributed by atoms with Gasteiger partial charge < -0.3 is 5.73 Å². The first-order valence-electron chi connectivity index (χ1n) is 2.66. The number of rotatable bonds is 1. The van der Waals surface area contributed by atoms with Gasteiger partial charge in [-0.1, -0.05) is 11.6 Å². The van der Waals surface area contributed by atoms with Crippen molar-refractivity contribution in [2.24, 2.45) is 5.73 Å². The van der Waals surface area contributed by atoms with E-state index in [0.29, 0.717) is 10.7 Å². The average Bonchev–Trinajstić information content (AvgIpc) is 1.88. The minimum Gasteiger partial charge on any atom is -0.384 e. The Morgan fingerprint density at radius 3 is 2.64 bits per heavy atom. The molecule has 0 aromatic carbocycles. The first kappa shape index (κ1) is 10.2. The lowest BCUT2D eigenvalue weighted by molar-refractivity contribution is 1.30. The van der Waals surface area contributed by atoms with Crippen LogP contribution in [0.25, 0.3) is 0 Å². The van der Waals surface area contributed by atoms with Gasteiger partial charge >= 0.3 is 0 Å². The highest BCUT2D eigenvalue weighted by Crippen LogP contribution is 2.05. The van der Waals surface area contributed by atoms with E-state index in [0.717, 1.165) is 0 Å². The van der Waals surface area contributed by atoms with E-state index in [1.807, 2.05) is 0 Å². The highest BCUT2D eigenvalue weighted by atomic mass is 35.5. The monoisotopic (exact) mass is 191 g/mol. The van der Waals surface area contributed by atoms with Crippen LogP contribution < -0.4 is 5.73 Å². The van der Waals surface area contributed by atoms with E-state index in [4.69, 9.17) is 22.7 Å². The van der Waals surface area contributed by atoms with Crippen LogP contribution >= 0.6 is 24.0 Å². The van der Waals surface area contributed by atoms with Crippen molar-refractivity contribution in [3.63, 3.8) is 0 Å². The number of amidine groups is 1. The second-order valence-electron chi connectivity index (χ2n) is 1.78. The molecule has 0 saturated carbocycles. The number of nitrogens with one attached hydrogen (secondary N) is 1. The molecule has 0 aliphatic heterocycles. The van der Waals surface area contributed by atoms with Gasteiger partial charge in [-0.2, -0.15) is 0 Å². The van der Waals surface area contributed by atoms with Crippen molar-refractivity contribution >= 4 is 29.8 Å². The van der Waals surface area contributed by atoms with E-state index < -0.39 is 0 Å². The fourth-order valence-electron chi connectivity index (χ4n) is 0.570. The minimum atomic E-state index is 0. The summed E-state index contributed by atoms with van der Waals surface area (Å²) in [6, 6.07) is 3.18. The molecule has 0 unspecified atom stereocenters. The number of hydrogen-bond donors (Lipinski definition) is 2. The molecule has 0 aliphatic rings. The maximum absolute atomic E-state index is 7.02. The SMILES string of the molecule is Cl.N=C(N)c1ccnc(Cl)c1. The van der Waals surface area contributed by atoms with Crippen molar-refractivity contribution in [1.29, 1.82) is 5.41 Å². The molecular weight excluding hydrogens is 185 g/mol. The van der Waals surface area contributed by atoms with Crippen LogP contribution in [0.5, 0.6) is 0 Å². The van der Waals surface area contributed by atoms with Gasteiger partial charge in [0.1, 0.15) is 11.0 Å². The summed E-state index contributed by atoms with van der Waals surface area (Å²) in [5.41, 5.74) is 5.78. The van der Waals surface area contributed by atoms with Crippen molar-refractivity contribution in [2.75, 3.05) is 0 Å². The Labute approximate surface area is 75.5 Å². The molecule has 1 heterocycles. The molecule has 0 saturated heterocycles. The predicted octanol–water partition coefficient (Wildman–Crippen LogP) is 1.44. The molecule has 1 rings (SSSR count). The molecule has 0 fully saturated rings. The lowest BCUT2D eigenvalue weighted by Crippen LogP contribution is -2.10. The third-order valence-corrected chi connectivity index (χ3v) is 1.24. The van der Waals surface area contributed by atoms with Gasteiger partial charge in [0.05, 0.1) is 0 Å². The normalized spacial score (nSPS) is 8.45. The van der Waals surface area contributed by atoms with E-state index in [-0.39, 0.29) is 18.2 Å². The molecule has 1 aromatic rings. The summed E-state index contributed by atoms with van der Waals surface area (Å²) in [5, 5.41) is 7.38. The molecule has 3 N–H and O–H groups in total. The Kier molecular flexibility index (Phi) is 3.85. The number of halogens is 2. The van der Waals surface area contributed by atoms with Gasteiger partial charge in [-0.15, -0.1) is 12.4 Å². The second kappa shape index (κ2) is 4.16. The number of pyridine rings is 1. The molecule has 1 aromatic heterocycles. The largest absolute Gasteiger partial charge is 0.384 e. The van der Waals surface area contributed by atoms with Crippen molar-refractivity contribution in [3.8, 4) is 0 Å². The Bertz CT molecular complexity index is 262. The predicted molar refractivity (Wildman–Crippen MR) is 47.5 cm³/mol. The van der Waals surface area contributed by atoms with Crippen molar-refractivity contribution in [2.45, 2.75) is 0 Å². The van der Waals surface area contributed by atoms with E-state index in [2.05, 4.69) is 4.98 Å². The molecule has 0 amide bonds. The van der Waals surface area contributed by atoms with Crippen LogP contribution in [-0.2, 0) is 0 Å². The fourth-order valence-corrected chi connectivity index (χ4v) is 0.744. The fraction of sp³-hybridized carbons (Fsp3) is 0. The second-order valence-corrected chi connectivity index (χ2v) is 2.17. The highest BCUT2D eigenvalue weighted by Gasteiger charge is 1.95. The van der Waals surface area contributed by atoms with E-state index >= 15 is 0 Å². The molecule has 5 heteroatoms. The van der Waals surface area contributed by atoms with Gasteiger partial charge in [0.2, 0.25) is 0 Å². The zero-order valence-corrected chi connectivity index (χ0v) is 7.12. The molecule has 0 radical (unpaired) electrons. The summed E-state index contributed by atoms with van der Waals surface area (Å²) in [7, 11) is 0. The molecule has 0 bridgehead atoms. The molecular formula is C6H7Cl2N3. The first-order chi connectivity index (χ1) is 4.70. The Morgan fingerprint density at radius 2 is 2.27 bits per heavy atom. The average molecular weight is 192 g/mol. The molecule has 0 spiro atoms. The van der Waals surface area contributed by atoms with Gasteiger partial charge in [-0.3, -0.25) is 5.41 Å². The number of nitrogens with two attached hydrogens (primary N) is 1. The first-order valence-corrected chi connectivity index (χ1v) is 3.04. The Morgan fingerprint density at radius 1 is 1.64 bits per heavy atom. The van der Waals surface area contributed by atoms with E-state index in [9.17, 15) is 0 Å². The smallest absolute Gasteiger partial charge is 0.129 e. The van der Waals surface area contributed by atoms with Crippen molar-refractivity contribution in [1.82, 2.24) is 4.98 Å². The summed E-state index contributed by atoms with van der Waals surface area (Å²) < 4.78 is 0. The zero-order chi connectivity index (χ0) is 7.56. The lowest BCUT2D eigenvalue weighted by atomic mass is 10.2. The summed E-state index contributed by atoms with van der Waals surface area (Å²) in [6.07, 6.45) is 1.51. The standard InChI is InChI=1S/C6H6ClN3.ClH/c7-5-3-4(6(8)9)1-2-10-5;/h1-3H,(H3,8,9);1H. The third kappa shape index (κ3) is 2.74. The van der Waals surface area contributed by atoms with Crippen LogP contribution in [0.15, 0.2) is 18.3 Å². The third-order valence-electron chi connectivity index (χ3n) is 1.04. The summed E-state index contributed by atoms with van der Waals surface area (Å²) in [5.74, 6) is 0.00398. The Hall–Kier alpha value is -0.800. The maximum Gasteiger partial charge on any atom is 0.129 e. The molecule has 0 aliphatic carbocycles. The summed E-state index contributed by atoms with van der Waals surface area (Å²) >= 11 is 5.53. The number of aromatic nitrogens is 1. The van der Waals surface area contributed by atoms with E-state index in [1.54, 1.807) is 12.1 Å². The summed E-state index contributed by atoms with van der Waals surface area (Å²) in [4.78, 5) is 3.74. The van der Waals surface area contributed by atoms with Gasteiger partial charge in [0.25, 0.3) is 0 Å². The quantitative estimate of drug-likeness (QED) is 0.401. The van der Waals surface area contributed by atoms with E-state index in [1.165, 1.54) is 6.20 Å². The molecule has 0 atom stereocenters. The molecule has 11 heavy (non-hydrogen) atoms. The van der Waals surface area contributed by atoms with Crippen molar-refractivity contribution in [3.05, 3.63) is 29.0 Å². The van der Waals surface area contributed by atoms with Crippen LogP contribution in [0.3, 0.4) is 0 Å². The highest BCUT2D eigenvalue weighted by molar-refractivity contribution is 6.29. The summed E-state index contributed by atoms with van der Waals surface area (Å²) in [6.45, 7) is 0. The van der Waals surface area contributed by atoms with Gasteiger partial charge in [-0.25, -0.2) is 4.98 Å². The number of nitrogens with zero attached hydrogens (tertiary/aromatic N) is 1. The lowest BCUT2D eigenvalue weighted by Gasteiger charge is -1.95. The van der Waals surface area contributed by atoms with Crippen LogP contribution in [0.4, 0.5) is 0 Å². The number of nitrogen functional groups attached to an aromatic ring is 1. The van der Waals surface area contributed by atoms with Gasteiger partial charge in [-0.05, 0) is 12.1 Å². The maximum atomic E-state index is 7.02. The van der Waals surface area contributed by atoms with Gasteiger partial charge in [0.15, 0.2) is 0 Å². The Balaban J connectivity index is 0.000001000. The molecule has 60 valence electrons. The topological polar surface area (TPSA) is 62.8 Å². The van der Waals surface area contributed by atoms with Crippen molar-refractivity contribution < 1.29 is 0 Å². The number of hydrogen-bond acceptors (Lipinski definition) is 2. The minimum absolute atomic E-state index is 0. The van der Waals surface area contributed by atoms with Crippen LogP contribution in [-0.4, -0.2) is 10.8 Å².